The number of carbonyl (C=O) groups excluding carboxylic acids is 1. The van der Waals surface area contributed by atoms with E-state index in [0.29, 0.717) is 19.6 Å². The number of nitrogens with zero attached hydrogens (tertiary/aromatic N) is 5. The second kappa shape index (κ2) is 9.74. The predicted octanol–water partition coefficient (Wildman–Crippen LogP) is 2.01. The Bertz CT molecular complexity index is 1380. The van der Waals surface area contributed by atoms with Gasteiger partial charge in [-0.2, -0.15) is 0 Å². The second-order valence-corrected chi connectivity index (χ2v) is 9.48. The van der Waals surface area contributed by atoms with Gasteiger partial charge in [0, 0.05) is 38.4 Å². The number of thiazole rings is 1. The van der Waals surface area contributed by atoms with Crippen molar-refractivity contribution in [2.24, 2.45) is 0 Å². The van der Waals surface area contributed by atoms with Crippen molar-refractivity contribution in [3.05, 3.63) is 98.3 Å². The minimum absolute atomic E-state index is 0.212. The lowest BCUT2D eigenvalue weighted by atomic mass is 10.2. The zero-order valence-electron chi connectivity index (χ0n) is 18.7. The van der Waals surface area contributed by atoms with E-state index in [2.05, 4.69) is 11.0 Å². The van der Waals surface area contributed by atoms with Crippen LogP contribution in [0.4, 0.5) is 0 Å². The molecule has 34 heavy (non-hydrogen) atoms. The van der Waals surface area contributed by atoms with Crippen LogP contribution in [0.25, 0.3) is 10.2 Å². The number of hydrogen-bond acceptors (Lipinski definition) is 6. The molecule has 1 fully saturated rings. The fraction of sp³-hybridized carbons (Fsp3) is 0.280. The van der Waals surface area contributed by atoms with Crippen LogP contribution in [0.1, 0.15) is 10.6 Å². The number of aromatic nitrogens is 3. The van der Waals surface area contributed by atoms with Crippen LogP contribution in [-0.4, -0.2) is 56.0 Å². The van der Waals surface area contributed by atoms with Crippen molar-refractivity contribution < 1.29 is 4.79 Å². The summed E-state index contributed by atoms with van der Waals surface area (Å²) in [4.78, 5) is 46.9. The highest BCUT2D eigenvalue weighted by atomic mass is 32.1. The van der Waals surface area contributed by atoms with Crippen LogP contribution in [0.5, 0.6) is 0 Å². The van der Waals surface area contributed by atoms with Gasteiger partial charge in [-0.25, -0.2) is 9.78 Å². The zero-order chi connectivity index (χ0) is 23.5. The Labute approximate surface area is 200 Å². The molecule has 3 heterocycles. The third-order valence-corrected chi connectivity index (χ3v) is 7.07. The molecule has 0 aliphatic carbocycles. The van der Waals surface area contributed by atoms with Gasteiger partial charge in [-0.15, -0.1) is 11.3 Å². The van der Waals surface area contributed by atoms with E-state index < -0.39 is 11.2 Å². The van der Waals surface area contributed by atoms with Crippen molar-refractivity contribution in [3.63, 3.8) is 0 Å². The molecule has 0 bridgehead atoms. The summed E-state index contributed by atoms with van der Waals surface area (Å²) in [7, 11) is 0. The SMILES string of the molecule is O=C(Cn1c(=O)ccn(Cc2ccccc2)c1=O)N1CCN(Cc2nc3ccccc3s2)CC1. The molecule has 5 rings (SSSR count). The molecule has 1 aliphatic rings. The minimum atomic E-state index is -0.473. The van der Waals surface area contributed by atoms with Gasteiger partial charge < -0.3 is 4.90 Å². The molecule has 0 spiro atoms. The number of carbonyl (C=O) groups is 1. The number of benzene rings is 2. The largest absolute Gasteiger partial charge is 0.339 e. The first-order valence-electron chi connectivity index (χ1n) is 11.3. The van der Waals surface area contributed by atoms with E-state index in [1.54, 1.807) is 16.2 Å². The highest BCUT2D eigenvalue weighted by Gasteiger charge is 2.23. The van der Waals surface area contributed by atoms with Gasteiger partial charge in [0.1, 0.15) is 11.6 Å². The van der Waals surface area contributed by atoms with Crippen LogP contribution in [0.2, 0.25) is 0 Å². The molecule has 1 saturated heterocycles. The second-order valence-electron chi connectivity index (χ2n) is 8.37. The zero-order valence-corrected chi connectivity index (χ0v) is 19.5. The maximum absolute atomic E-state index is 12.9. The van der Waals surface area contributed by atoms with Crippen LogP contribution >= 0.6 is 11.3 Å². The monoisotopic (exact) mass is 475 g/mol. The quantitative estimate of drug-likeness (QED) is 0.426. The number of hydrogen-bond donors (Lipinski definition) is 0. The topological polar surface area (TPSA) is 80.4 Å². The summed E-state index contributed by atoms with van der Waals surface area (Å²) >= 11 is 1.70. The lowest BCUT2D eigenvalue weighted by Gasteiger charge is -2.34. The molecule has 0 radical (unpaired) electrons. The van der Waals surface area contributed by atoms with Crippen molar-refractivity contribution >= 4 is 27.5 Å². The van der Waals surface area contributed by atoms with E-state index in [0.717, 1.165) is 40.3 Å². The van der Waals surface area contributed by atoms with E-state index in [9.17, 15) is 14.4 Å². The predicted molar refractivity (Wildman–Crippen MR) is 132 cm³/mol. The van der Waals surface area contributed by atoms with Crippen molar-refractivity contribution in [1.29, 1.82) is 0 Å². The molecule has 174 valence electrons. The molecule has 1 amide bonds. The molecule has 0 saturated carbocycles. The van der Waals surface area contributed by atoms with Crippen LogP contribution < -0.4 is 11.2 Å². The van der Waals surface area contributed by atoms with E-state index in [4.69, 9.17) is 4.98 Å². The number of amides is 1. The highest BCUT2D eigenvalue weighted by molar-refractivity contribution is 7.18. The summed E-state index contributed by atoms with van der Waals surface area (Å²) in [5.74, 6) is -0.212. The Morgan fingerprint density at radius 2 is 1.62 bits per heavy atom. The molecule has 0 N–H and O–H groups in total. The van der Waals surface area contributed by atoms with E-state index in [-0.39, 0.29) is 12.5 Å². The van der Waals surface area contributed by atoms with Gasteiger partial charge in [0.2, 0.25) is 5.91 Å². The Kier molecular flexibility index (Phi) is 6.37. The maximum atomic E-state index is 12.9. The smallest absolute Gasteiger partial charge is 0.331 e. The maximum Gasteiger partial charge on any atom is 0.331 e. The summed E-state index contributed by atoms with van der Waals surface area (Å²) in [6.45, 7) is 3.42. The summed E-state index contributed by atoms with van der Waals surface area (Å²) in [5.41, 5.74) is 1.03. The van der Waals surface area contributed by atoms with Crippen molar-refractivity contribution in [3.8, 4) is 0 Å². The van der Waals surface area contributed by atoms with Crippen molar-refractivity contribution in [2.45, 2.75) is 19.6 Å². The summed E-state index contributed by atoms with van der Waals surface area (Å²) < 4.78 is 3.66. The first kappa shape index (κ1) is 22.2. The van der Waals surface area contributed by atoms with Gasteiger partial charge in [0.25, 0.3) is 5.56 Å². The molecule has 2 aromatic carbocycles. The Morgan fingerprint density at radius 1 is 0.882 bits per heavy atom. The number of para-hydroxylation sites is 1. The van der Waals surface area contributed by atoms with Gasteiger partial charge in [0.05, 0.1) is 23.3 Å². The molecule has 0 atom stereocenters. The van der Waals surface area contributed by atoms with Gasteiger partial charge in [0.15, 0.2) is 0 Å². The molecule has 4 aromatic rings. The molecule has 2 aromatic heterocycles. The highest BCUT2D eigenvalue weighted by Crippen LogP contribution is 2.23. The molecule has 1 aliphatic heterocycles. The van der Waals surface area contributed by atoms with E-state index >= 15 is 0 Å². The number of rotatable bonds is 6. The minimum Gasteiger partial charge on any atom is -0.339 e. The van der Waals surface area contributed by atoms with Gasteiger partial charge >= 0.3 is 5.69 Å². The third-order valence-electron chi connectivity index (χ3n) is 6.05. The van der Waals surface area contributed by atoms with E-state index in [1.807, 2.05) is 48.5 Å². The number of piperazine rings is 1. The first-order chi connectivity index (χ1) is 16.6. The number of fused-ring (bicyclic) bond motifs is 1. The van der Waals surface area contributed by atoms with Crippen LogP contribution in [0.3, 0.4) is 0 Å². The van der Waals surface area contributed by atoms with Crippen LogP contribution in [0.15, 0.2) is 76.4 Å². The normalized spacial score (nSPS) is 14.5. The summed E-state index contributed by atoms with van der Waals surface area (Å²) in [6, 6.07) is 19.0. The van der Waals surface area contributed by atoms with Gasteiger partial charge in [-0.05, 0) is 17.7 Å². The fourth-order valence-corrected chi connectivity index (χ4v) is 5.18. The summed E-state index contributed by atoms with van der Waals surface area (Å²) in [6.07, 6.45) is 1.49. The average Bonchev–Trinajstić information content (AvgIpc) is 3.27. The lowest BCUT2D eigenvalue weighted by molar-refractivity contribution is -0.133. The lowest BCUT2D eigenvalue weighted by Crippen LogP contribution is -2.51. The molecule has 0 unspecified atom stereocenters. The molecule has 9 heteroatoms. The first-order valence-corrected chi connectivity index (χ1v) is 12.1. The fourth-order valence-electron chi connectivity index (χ4n) is 4.17. The van der Waals surface area contributed by atoms with Crippen LogP contribution in [-0.2, 0) is 24.4 Å². The Morgan fingerprint density at radius 3 is 2.38 bits per heavy atom. The summed E-state index contributed by atoms with van der Waals surface area (Å²) in [5, 5.41) is 1.07. The molecular weight excluding hydrogens is 450 g/mol. The van der Waals surface area contributed by atoms with E-state index in [1.165, 1.54) is 21.5 Å². The van der Waals surface area contributed by atoms with Crippen LogP contribution in [0, 0.1) is 0 Å². The van der Waals surface area contributed by atoms with Crippen molar-refractivity contribution in [2.75, 3.05) is 26.2 Å². The van der Waals surface area contributed by atoms with Gasteiger partial charge in [-0.3, -0.25) is 23.6 Å². The van der Waals surface area contributed by atoms with Crippen molar-refractivity contribution in [1.82, 2.24) is 23.9 Å². The molecular formula is C25H25N5O3S. The van der Waals surface area contributed by atoms with Gasteiger partial charge in [-0.1, -0.05) is 42.5 Å². The molecule has 8 nitrogen and oxygen atoms in total. The Hall–Kier alpha value is -3.56. The Balaban J connectivity index is 1.21. The average molecular weight is 476 g/mol. The third kappa shape index (κ3) is 4.85. The standard InChI is InChI=1S/C25H25N5O3S/c31-23-10-11-29(16-19-6-2-1-3-7-19)25(33)30(23)18-24(32)28-14-12-27(13-15-28)17-22-26-20-8-4-5-9-21(20)34-22/h1-11H,12-18H2.